The number of piperazine rings is 1. The van der Waals surface area contributed by atoms with Gasteiger partial charge in [0.1, 0.15) is 5.82 Å². The first-order valence-corrected chi connectivity index (χ1v) is 8.70. The molecule has 2 aromatic rings. The van der Waals surface area contributed by atoms with Crippen LogP contribution < -0.4 is 10.2 Å². The molecule has 128 valence electrons. The van der Waals surface area contributed by atoms with Gasteiger partial charge >= 0.3 is 0 Å². The summed E-state index contributed by atoms with van der Waals surface area (Å²) in [5.74, 6) is 1.76. The third-order valence-corrected chi connectivity index (χ3v) is 4.31. The lowest BCUT2D eigenvalue weighted by Gasteiger charge is -2.35. The molecule has 24 heavy (non-hydrogen) atoms. The molecule has 0 radical (unpaired) electrons. The molecule has 1 saturated heterocycles. The van der Waals surface area contributed by atoms with Crippen LogP contribution in [0.25, 0.3) is 0 Å². The Kier molecular flexibility index (Phi) is 5.59. The van der Waals surface area contributed by atoms with E-state index in [1.54, 1.807) is 0 Å². The van der Waals surface area contributed by atoms with E-state index in [1.807, 2.05) is 25.4 Å². The second-order valence-electron chi connectivity index (χ2n) is 6.16. The molecule has 6 heteroatoms. The maximum atomic E-state index is 4.64. The maximum Gasteiger partial charge on any atom is 0.224 e. The predicted octanol–water partition coefficient (Wildman–Crippen LogP) is 1.98. The molecular weight excluding hydrogens is 300 g/mol. The minimum absolute atomic E-state index is 0.728. The van der Waals surface area contributed by atoms with Crippen molar-refractivity contribution < 1.29 is 0 Å². The largest absolute Gasteiger partial charge is 0.354 e. The standard InChI is InChI=1S/C18H26N6/c1-3-20-18-21-15(2)13-17(22-18)24-11-9-23(10-12-24)8-6-16-5-4-7-19-14-16/h4-5,7,13-14H,3,6,8-12H2,1-2H3,(H,20,21,22). The van der Waals surface area contributed by atoms with Gasteiger partial charge in [0.2, 0.25) is 5.95 Å². The first kappa shape index (κ1) is 16.6. The zero-order valence-corrected chi connectivity index (χ0v) is 14.6. The quantitative estimate of drug-likeness (QED) is 0.876. The first-order chi connectivity index (χ1) is 11.7. The van der Waals surface area contributed by atoms with Crippen molar-refractivity contribution in [3.05, 3.63) is 41.9 Å². The Labute approximate surface area is 143 Å². The highest BCUT2D eigenvalue weighted by Crippen LogP contribution is 2.17. The Morgan fingerprint density at radius 1 is 1.17 bits per heavy atom. The fourth-order valence-corrected chi connectivity index (χ4v) is 2.98. The predicted molar refractivity (Wildman–Crippen MR) is 97.5 cm³/mol. The van der Waals surface area contributed by atoms with Crippen LogP contribution >= 0.6 is 0 Å². The second-order valence-corrected chi connectivity index (χ2v) is 6.16. The van der Waals surface area contributed by atoms with Crippen LogP contribution in [0, 0.1) is 6.92 Å². The van der Waals surface area contributed by atoms with Gasteiger partial charge in [-0.25, -0.2) is 4.98 Å². The lowest BCUT2D eigenvalue weighted by molar-refractivity contribution is 0.260. The smallest absolute Gasteiger partial charge is 0.224 e. The summed E-state index contributed by atoms with van der Waals surface area (Å²) in [6.45, 7) is 10.2. The van der Waals surface area contributed by atoms with Crippen molar-refractivity contribution >= 4 is 11.8 Å². The fraction of sp³-hybridized carbons (Fsp3) is 0.500. The molecule has 3 heterocycles. The molecule has 0 amide bonds. The summed E-state index contributed by atoms with van der Waals surface area (Å²) in [5.41, 5.74) is 2.32. The Morgan fingerprint density at radius 2 is 2.00 bits per heavy atom. The molecule has 0 spiro atoms. The second kappa shape index (κ2) is 8.06. The van der Waals surface area contributed by atoms with Crippen LogP contribution in [0.2, 0.25) is 0 Å². The summed E-state index contributed by atoms with van der Waals surface area (Å²) in [6.07, 6.45) is 4.85. The minimum atomic E-state index is 0.728. The lowest BCUT2D eigenvalue weighted by atomic mass is 10.2. The molecule has 0 saturated carbocycles. The van der Waals surface area contributed by atoms with Crippen molar-refractivity contribution in [3.8, 4) is 0 Å². The van der Waals surface area contributed by atoms with E-state index in [-0.39, 0.29) is 0 Å². The number of rotatable bonds is 6. The highest BCUT2D eigenvalue weighted by Gasteiger charge is 2.18. The summed E-state index contributed by atoms with van der Waals surface area (Å²) in [7, 11) is 0. The number of anilines is 2. The molecular formula is C18H26N6. The van der Waals surface area contributed by atoms with Gasteiger partial charge in [-0.2, -0.15) is 4.98 Å². The molecule has 0 bridgehead atoms. The van der Waals surface area contributed by atoms with Gasteiger partial charge in [-0.05, 0) is 31.9 Å². The van der Waals surface area contributed by atoms with Gasteiger partial charge in [0, 0.05) is 63.4 Å². The molecule has 0 unspecified atom stereocenters. The van der Waals surface area contributed by atoms with Gasteiger partial charge in [-0.3, -0.25) is 9.88 Å². The van der Waals surface area contributed by atoms with Crippen LogP contribution in [-0.2, 0) is 6.42 Å². The van der Waals surface area contributed by atoms with E-state index in [4.69, 9.17) is 0 Å². The van der Waals surface area contributed by atoms with E-state index in [0.717, 1.165) is 63.1 Å². The van der Waals surface area contributed by atoms with Crippen LogP contribution in [0.4, 0.5) is 11.8 Å². The van der Waals surface area contributed by atoms with E-state index >= 15 is 0 Å². The number of pyridine rings is 1. The van der Waals surface area contributed by atoms with Crippen LogP contribution in [0.1, 0.15) is 18.2 Å². The van der Waals surface area contributed by atoms with Gasteiger partial charge < -0.3 is 10.2 Å². The number of nitrogens with one attached hydrogen (secondary N) is 1. The number of nitrogens with zero attached hydrogens (tertiary/aromatic N) is 5. The summed E-state index contributed by atoms with van der Waals surface area (Å²) in [5, 5.41) is 3.21. The number of hydrogen-bond acceptors (Lipinski definition) is 6. The zero-order chi connectivity index (χ0) is 16.8. The molecule has 1 aliphatic heterocycles. The van der Waals surface area contributed by atoms with Gasteiger partial charge in [0.25, 0.3) is 0 Å². The Morgan fingerprint density at radius 3 is 2.71 bits per heavy atom. The van der Waals surface area contributed by atoms with Crippen LogP contribution in [0.3, 0.4) is 0 Å². The van der Waals surface area contributed by atoms with E-state index in [2.05, 4.69) is 49.1 Å². The summed E-state index contributed by atoms with van der Waals surface area (Å²) >= 11 is 0. The first-order valence-electron chi connectivity index (χ1n) is 8.70. The average Bonchev–Trinajstić information content (AvgIpc) is 2.61. The van der Waals surface area contributed by atoms with Crippen molar-refractivity contribution in [2.45, 2.75) is 20.3 Å². The Balaban J connectivity index is 1.53. The highest BCUT2D eigenvalue weighted by atomic mass is 15.3. The van der Waals surface area contributed by atoms with E-state index in [1.165, 1.54) is 5.56 Å². The van der Waals surface area contributed by atoms with Crippen LogP contribution in [-0.4, -0.2) is 59.1 Å². The summed E-state index contributed by atoms with van der Waals surface area (Å²) in [4.78, 5) is 18.1. The van der Waals surface area contributed by atoms with E-state index < -0.39 is 0 Å². The van der Waals surface area contributed by atoms with Crippen molar-refractivity contribution in [1.82, 2.24) is 19.9 Å². The number of aryl methyl sites for hydroxylation is 1. The molecule has 2 aromatic heterocycles. The molecule has 6 nitrogen and oxygen atoms in total. The summed E-state index contributed by atoms with van der Waals surface area (Å²) in [6, 6.07) is 6.23. The third-order valence-electron chi connectivity index (χ3n) is 4.31. The molecule has 0 aromatic carbocycles. The summed E-state index contributed by atoms with van der Waals surface area (Å²) < 4.78 is 0. The van der Waals surface area contributed by atoms with Gasteiger partial charge in [-0.15, -0.1) is 0 Å². The number of aromatic nitrogens is 3. The van der Waals surface area contributed by atoms with Crippen molar-refractivity contribution in [2.24, 2.45) is 0 Å². The van der Waals surface area contributed by atoms with Crippen LogP contribution in [0.15, 0.2) is 30.6 Å². The van der Waals surface area contributed by atoms with Crippen molar-refractivity contribution in [3.63, 3.8) is 0 Å². The Hall–Kier alpha value is -2.21. The molecule has 0 atom stereocenters. The highest BCUT2D eigenvalue weighted by molar-refractivity contribution is 5.45. The Bertz CT molecular complexity index is 637. The van der Waals surface area contributed by atoms with Gasteiger partial charge in [-0.1, -0.05) is 6.07 Å². The van der Waals surface area contributed by atoms with Gasteiger partial charge in [0.05, 0.1) is 0 Å². The van der Waals surface area contributed by atoms with E-state index in [9.17, 15) is 0 Å². The normalized spacial score (nSPS) is 15.5. The fourth-order valence-electron chi connectivity index (χ4n) is 2.98. The number of hydrogen-bond donors (Lipinski definition) is 1. The average molecular weight is 326 g/mol. The third kappa shape index (κ3) is 4.41. The molecule has 3 rings (SSSR count). The van der Waals surface area contributed by atoms with Crippen molar-refractivity contribution in [1.29, 1.82) is 0 Å². The van der Waals surface area contributed by atoms with Gasteiger partial charge in [0.15, 0.2) is 0 Å². The van der Waals surface area contributed by atoms with Crippen molar-refractivity contribution in [2.75, 3.05) is 49.5 Å². The lowest BCUT2D eigenvalue weighted by Crippen LogP contribution is -2.47. The maximum absolute atomic E-state index is 4.64. The SMILES string of the molecule is CCNc1nc(C)cc(N2CCN(CCc3cccnc3)CC2)n1. The van der Waals surface area contributed by atoms with E-state index in [0.29, 0.717) is 0 Å². The molecule has 1 fully saturated rings. The molecule has 1 aliphatic rings. The van der Waals surface area contributed by atoms with Crippen LogP contribution in [0.5, 0.6) is 0 Å². The zero-order valence-electron chi connectivity index (χ0n) is 14.6. The molecule has 0 aliphatic carbocycles. The minimum Gasteiger partial charge on any atom is -0.354 e. The topological polar surface area (TPSA) is 57.2 Å². The molecule has 1 N–H and O–H groups in total. The monoisotopic (exact) mass is 326 g/mol.